The fourth-order valence-electron chi connectivity index (χ4n) is 2.23. The lowest BCUT2D eigenvalue weighted by atomic mass is 10.2. The van der Waals surface area contributed by atoms with Crippen molar-refractivity contribution in [3.63, 3.8) is 0 Å². The third-order valence-corrected chi connectivity index (χ3v) is 3.98. The number of aliphatic hydroxyl groups is 1. The van der Waals surface area contributed by atoms with E-state index in [1.54, 1.807) is 31.2 Å². The zero-order valence-electron chi connectivity index (χ0n) is 14.0. The van der Waals surface area contributed by atoms with Crippen LogP contribution in [-0.2, 0) is 0 Å². The van der Waals surface area contributed by atoms with Crippen LogP contribution < -0.4 is 5.32 Å². The molecule has 2 N–H and O–H groups in total. The van der Waals surface area contributed by atoms with Gasteiger partial charge in [0.05, 0.1) is 16.1 Å². The number of aromatic nitrogens is 2. The Labute approximate surface area is 161 Å². The van der Waals surface area contributed by atoms with E-state index >= 15 is 0 Å². The van der Waals surface area contributed by atoms with Crippen LogP contribution in [0, 0.1) is 0 Å². The molecular weight excluding hydrogens is 379 g/mol. The third kappa shape index (κ3) is 5.39. The van der Waals surface area contributed by atoms with Crippen LogP contribution in [0.5, 0.6) is 0 Å². The van der Waals surface area contributed by atoms with Crippen LogP contribution in [0.4, 0.5) is 0 Å². The second kappa shape index (κ2) is 9.47. The predicted octanol–water partition coefficient (Wildman–Crippen LogP) is 2.04. The lowest BCUT2D eigenvalue weighted by Crippen LogP contribution is -2.42. The van der Waals surface area contributed by atoms with E-state index in [-0.39, 0.29) is 41.1 Å². The summed E-state index contributed by atoms with van der Waals surface area (Å²) in [4.78, 5) is 34.0. The van der Waals surface area contributed by atoms with Crippen LogP contribution in [0.3, 0.4) is 0 Å². The summed E-state index contributed by atoms with van der Waals surface area (Å²) in [6, 6.07) is 6.37. The van der Waals surface area contributed by atoms with Crippen molar-refractivity contribution >= 4 is 35.0 Å². The first kappa shape index (κ1) is 20.1. The number of carbonyl (C=O) groups excluding carboxylic acids is 2. The van der Waals surface area contributed by atoms with Crippen molar-refractivity contribution in [2.75, 3.05) is 19.6 Å². The first-order chi connectivity index (χ1) is 12.4. The summed E-state index contributed by atoms with van der Waals surface area (Å²) in [5, 5.41) is 12.8. The fraction of sp³-hybridized carbons (Fsp3) is 0.294. The molecule has 2 aromatic heterocycles. The van der Waals surface area contributed by atoms with Crippen LogP contribution in [0.25, 0.3) is 0 Å². The maximum Gasteiger partial charge on any atom is 0.274 e. The van der Waals surface area contributed by atoms with Gasteiger partial charge in [0.25, 0.3) is 11.8 Å². The van der Waals surface area contributed by atoms with E-state index in [4.69, 9.17) is 23.2 Å². The Hall–Kier alpha value is -2.22. The molecule has 1 atom stereocenters. The van der Waals surface area contributed by atoms with E-state index in [1.807, 2.05) is 0 Å². The molecule has 138 valence electrons. The number of aliphatic hydroxyl groups excluding tert-OH is 1. The summed E-state index contributed by atoms with van der Waals surface area (Å²) in [6.07, 6.45) is 2.18. The summed E-state index contributed by atoms with van der Waals surface area (Å²) >= 11 is 11.9. The Kier molecular flexibility index (Phi) is 7.32. The summed E-state index contributed by atoms with van der Waals surface area (Å²) in [5.41, 5.74) is 0.198. The van der Waals surface area contributed by atoms with E-state index < -0.39 is 17.9 Å². The Morgan fingerprint density at radius 1 is 1.15 bits per heavy atom. The summed E-state index contributed by atoms with van der Waals surface area (Å²) < 4.78 is 0. The van der Waals surface area contributed by atoms with Crippen molar-refractivity contribution in [1.82, 2.24) is 20.2 Å². The standard InChI is InChI=1S/C17H18Cl2N4O3/c1-11(24)10-23(17(26)15-13(19)5-3-7-21-15)9-8-22-16(25)14-12(18)4-2-6-20-14/h2-7,11,24H,8-10H2,1H3,(H,22,25). The van der Waals surface area contributed by atoms with E-state index in [0.29, 0.717) is 0 Å². The minimum atomic E-state index is -0.748. The molecule has 0 saturated carbocycles. The largest absolute Gasteiger partial charge is 0.392 e. The quantitative estimate of drug-likeness (QED) is 0.746. The van der Waals surface area contributed by atoms with Crippen molar-refractivity contribution in [1.29, 1.82) is 0 Å². The van der Waals surface area contributed by atoms with E-state index in [9.17, 15) is 14.7 Å². The van der Waals surface area contributed by atoms with Gasteiger partial charge >= 0.3 is 0 Å². The molecule has 2 heterocycles. The van der Waals surface area contributed by atoms with Crippen molar-refractivity contribution in [2.45, 2.75) is 13.0 Å². The van der Waals surface area contributed by atoms with Crippen molar-refractivity contribution in [3.8, 4) is 0 Å². The molecule has 0 radical (unpaired) electrons. The number of nitrogens with zero attached hydrogens (tertiary/aromatic N) is 3. The van der Waals surface area contributed by atoms with E-state index in [2.05, 4.69) is 15.3 Å². The molecule has 0 spiro atoms. The highest BCUT2D eigenvalue weighted by molar-refractivity contribution is 6.33. The molecular formula is C17H18Cl2N4O3. The normalized spacial score (nSPS) is 11.7. The Bertz CT molecular complexity index is 786. The molecule has 0 saturated heterocycles. The molecule has 0 bridgehead atoms. The molecule has 26 heavy (non-hydrogen) atoms. The summed E-state index contributed by atoms with van der Waals surface area (Å²) in [7, 11) is 0. The van der Waals surface area contributed by atoms with Gasteiger partial charge in [-0.2, -0.15) is 0 Å². The highest BCUT2D eigenvalue weighted by atomic mass is 35.5. The van der Waals surface area contributed by atoms with Crippen molar-refractivity contribution < 1.29 is 14.7 Å². The highest BCUT2D eigenvalue weighted by Gasteiger charge is 2.21. The summed E-state index contributed by atoms with van der Waals surface area (Å²) in [6.45, 7) is 1.94. The second-order valence-corrected chi connectivity index (χ2v) is 6.34. The third-order valence-electron chi connectivity index (χ3n) is 3.37. The number of nitrogens with one attached hydrogen (secondary N) is 1. The van der Waals surface area contributed by atoms with E-state index in [0.717, 1.165) is 0 Å². The first-order valence-corrected chi connectivity index (χ1v) is 8.62. The maximum atomic E-state index is 12.6. The number of hydrogen-bond acceptors (Lipinski definition) is 5. The molecule has 0 aromatic carbocycles. The zero-order valence-corrected chi connectivity index (χ0v) is 15.5. The number of halogens is 2. The molecule has 2 rings (SSSR count). The van der Waals surface area contributed by atoms with Crippen LogP contribution >= 0.6 is 23.2 Å². The van der Waals surface area contributed by atoms with Crippen LogP contribution in [0.1, 0.15) is 27.9 Å². The van der Waals surface area contributed by atoms with Gasteiger partial charge in [-0.15, -0.1) is 0 Å². The van der Waals surface area contributed by atoms with Gasteiger partial charge in [0.2, 0.25) is 0 Å². The first-order valence-electron chi connectivity index (χ1n) is 7.86. The molecule has 2 aromatic rings. The zero-order chi connectivity index (χ0) is 19.1. The predicted molar refractivity (Wildman–Crippen MR) is 98.4 cm³/mol. The van der Waals surface area contributed by atoms with Gasteiger partial charge in [0.1, 0.15) is 11.4 Å². The highest BCUT2D eigenvalue weighted by Crippen LogP contribution is 2.15. The Morgan fingerprint density at radius 3 is 2.27 bits per heavy atom. The van der Waals surface area contributed by atoms with Gasteiger partial charge in [-0.25, -0.2) is 9.97 Å². The van der Waals surface area contributed by atoms with Gasteiger partial charge in [0, 0.05) is 32.0 Å². The molecule has 0 aliphatic rings. The summed E-state index contributed by atoms with van der Waals surface area (Å²) in [5.74, 6) is -0.877. The average molecular weight is 397 g/mol. The minimum Gasteiger partial charge on any atom is -0.392 e. The lowest BCUT2D eigenvalue weighted by Gasteiger charge is -2.24. The van der Waals surface area contributed by atoms with Crippen LogP contribution in [-0.4, -0.2) is 57.5 Å². The Morgan fingerprint density at radius 2 is 1.73 bits per heavy atom. The second-order valence-electron chi connectivity index (χ2n) is 5.52. The molecule has 0 aliphatic carbocycles. The van der Waals surface area contributed by atoms with Gasteiger partial charge in [0.15, 0.2) is 0 Å². The van der Waals surface area contributed by atoms with E-state index in [1.165, 1.54) is 17.3 Å². The lowest BCUT2D eigenvalue weighted by molar-refractivity contribution is 0.0639. The average Bonchev–Trinajstić information content (AvgIpc) is 2.60. The number of pyridine rings is 2. The number of rotatable bonds is 7. The molecule has 7 nitrogen and oxygen atoms in total. The maximum absolute atomic E-state index is 12.6. The number of carbonyl (C=O) groups is 2. The Balaban J connectivity index is 2.02. The van der Waals surface area contributed by atoms with Gasteiger partial charge in [-0.1, -0.05) is 23.2 Å². The molecule has 2 amide bonds. The number of hydrogen-bond donors (Lipinski definition) is 2. The van der Waals surface area contributed by atoms with Crippen molar-refractivity contribution in [3.05, 3.63) is 58.1 Å². The monoisotopic (exact) mass is 396 g/mol. The SMILES string of the molecule is CC(O)CN(CCNC(=O)c1ncccc1Cl)C(=O)c1ncccc1Cl. The van der Waals surface area contributed by atoms with Crippen molar-refractivity contribution in [2.24, 2.45) is 0 Å². The minimum absolute atomic E-state index is 0.0753. The van der Waals surface area contributed by atoms with Crippen LogP contribution in [0.2, 0.25) is 10.0 Å². The van der Waals surface area contributed by atoms with Gasteiger partial charge in [-0.05, 0) is 31.2 Å². The number of amides is 2. The smallest absolute Gasteiger partial charge is 0.274 e. The topological polar surface area (TPSA) is 95.4 Å². The molecule has 0 fully saturated rings. The molecule has 9 heteroatoms. The molecule has 0 aliphatic heterocycles. The van der Waals surface area contributed by atoms with Crippen LogP contribution in [0.15, 0.2) is 36.7 Å². The van der Waals surface area contributed by atoms with Gasteiger partial charge in [-0.3, -0.25) is 9.59 Å². The van der Waals surface area contributed by atoms with Gasteiger partial charge < -0.3 is 15.3 Å². The fourth-order valence-corrected chi connectivity index (χ4v) is 2.64. The molecule has 1 unspecified atom stereocenters.